The third kappa shape index (κ3) is 3.19. The third-order valence-corrected chi connectivity index (χ3v) is 7.41. The summed E-state index contributed by atoms with van der Waals surface area (Å²) in [5, 5.41) is 3.96. The lowest BCUT2D eigenvalue weighted by atomic mass is 9.54. The van der Waals surface area contributed by atoms with Gasteiger partial charge in [0.15, 0.2) is 0 Å². The van der Waals surface area contributed by atoms with Crippen molar-refractivity contribution in [3.63, 3.8) is 0 Å². The van der Waals surface area contributed by atoms with Gasteiger partial charge in [-0.25, -0.2) is 4.98 Å². The van der Waals surface area contributed by atoms with Gasteiger partial charge in [0.2, 0.25) is 0 Å². The maximum Gasteiger partial charge on any atom is 0.128 e. The smallest absolute Gasteiger partial charge is 0.128 e. The lowest BCUT2D eigenvalue weighted by Gasteiger charge is -2.54. The summed E-state index contributed by atoms with van der Waals surface area (Å²) in [5.74, 6) is 5.19. The minimum absolute atomic E-state index is 0.771. The molecule has 0 radical (unpaired) electrons. The van der Waals surface area contributed by atoms with Gasteiger partial charge in [0.05, 0.1) is 0 Å². The normalized spacial score (nSPS) is 37.6. The van der Waals surface area contributed by atoms with Gasteiger partial charge < -0.3 is 15.1 Å². The molecule has 4 heteroatoms. The Morgan fingerprint density at radius 1 is 1.00 bits per heavy atom. The number of piperazine rings is 1. The second kappa shape index (κ2) is 6.55. The Balaban J connectivity index is 1.22. The van der Waals surface area contributed by atoms with Gasteiger partial charge in [0, 0.05) is 45.0 Å². The van der Waals surface area contributed by atoms with Crippen LogP contribution in [0.3, 0.4) is 0 Å². The fraction of sp³-hybridized carbons (Fsp3) is 0.762. The van der Waals surface area contributed by atoms with E-state index >= 15 is 0 Å². The Kier molecular flexibility index (Phi) is 4.21. The zero-order valence-corrected chi connectivity index (χ0v) is 15.5. The van der Waals surface area contributed by atoms with Crippen LogP contribution in [-0.2, 0) is 6.54 Å². The number of hydrogen-bond donors (Lipinski definition) is 1. The molecule has 1 aromatic rings. The van der Waals surface area contributed by atoms with Crippen molar-refractivity contribution in [2.24, 2.45) is 23.7 Å². The van der Waals surface area contributed by atoms with Crippen molar-refractivity contribution in [3.8, 4) is 0 Å². The molecule has 1 N–H and O–H groups in total. The number of rotatable bonds is 4. The average Bonchev–Trinajstić information content (AvgIpc) is 2.61. The summed E-state index contributed by atoms with van der Waals surface area (Å²) in [6.45, 7) is 5.47. The number of aromatic nitrogens is 1. The Hall–Kier alpha value is -1.13. The van der Waals surface area contributed by atoms with Gasteiger partial charge in [0.25, 0.3) is 0 Å². The summed E-state index contributed by atoms with van der Waals surface area (Å²) in [5.41, 5.74) is 1.40. The summed E-state index contributed by atoms with van der Waals surface area (Å²) < 4.78 is 0. The Morgan fingerprint density at radius 3 is 2.36 bits per heavy atom. The van der Waals surface area contributed by atoms with Crippen LogP contribution in [0.15, 0.2) is 18.3 Å². The van der Waals surface area contributed by atoms with Crippen molar-refractivity contribution in [2.45, 2.75) is 44.7 Å². The van der Waals surface area contributed by atoms with E-state index in [4.69, 9.17) is 0 Å². The molecule has 0 aromatic carbocycles. The molecule has 0 atom stereocenters. The van der Waals surface area contributed by atoms with Gasteiger partial charge in [0.1, 0.15) is 5.82 Å². The van der Waals surface area contributed by atoms with Gasteiger partial charge in [-0.1, -0.05) is 0 Å². The Bertz CT molecular complexity index is 580. The molecule has 25 heavy (non-hydrogen) atoms. The highest BCUT2D eigenvalue weighted by molar-refractivity contribution is 5.41. The molecule has 1 aliphatic heterocycles. The zero-order valence-electron chi connectivity index (χ0n) is 15.5. The number of nitrogens with one attached hydrogen (secondary N) is 1. The van der Waals surface area contributed by atoms with E-state index in [2.05, 4.69) is 39.3 Å². The molecule has 6 rings (SSSR count). The quantitative estimate of drug-likeness (QED) is 0.913. The van der Waals surface area contributed by atoms with Crippen LogP contribution in [-0.4, -0.2) is 49.2 Å². The molecule has 0 amide bonds. The number of nitrogens with zero attached hydrogens (tertiary/aromatic N) is 3. The van der Waals surface area contributed by atoms with Gasteiger partial charge in [-0.2, -0.15) is 0 Å². The van der Waals surface area contributed by atoms with Crippen LogP contribution < -0.4 is 10.2 Å². The van der Waals surface area contributed by atoms with Gasteiger partial charge in [-0.3, -0.25) is 0 Å². The molecule has 4 saturated carbocycles. The van der Waals surface area contributed by atoms with Gasteiger partial charge in [-0.05, 0) is 80.5 Å². The first-order chi connectivity index (χ1) is 12.2. The van der Waals surface area contributed by atoms with Crippen LogP contribution in [0.1, 0.15) is 37.7 Å². The second-order valence-electron chi connectivity index (χ2n) is 9.15. The van der Waals surface area contributed by atoms with Crippen LogP contribution in [0.25, 0.3) is 0 Å². The highest BCUT2D eigenvalue weighted by Gasteiger charge is 2.47. The van der Waals surface area contributed by atoms with E-state index in [-0.39, 0.29) is 0 Å². The van der Waals surface area contributed by atoms with E-state index < -0.39 is 0 Å². The minimum atomic E-state index is 0.771. The van der Waals surface area contributed by atoms with E-state index in [1.54, 1.807) is 6.42 Å². The summed E-state index contributed by atoms with van der Waals surface area (Å²) in [6, 6.07) is 5.28. The Labute approximate surface area is 152 Å². The lowest BCUT2D eigenvalue weighted by Crippen LogP contribution is -2.54. The van der Waals surface area contributed by atoms with Crippen molar-refractivity contribution >= 4 is 5.82 Å². The SMILES string of the molecule is CN1CCN(c2cc(CNC3C4CC5CC(C4)CC3C5)ccn2)CC1. The highest BCUT2D eigenvalue weighted by Crippen LogP contribution is 2.53. The fourth-order valence-electron chi connectivity index (χ4n) is 6.27. The monoisotopic (exact) mass is 340 g/mol. The van der Waals surface area contributed by atoms with E-state index in [1.165, 1.54) is 31.2 Å². The fourth-order valence-corrected chi connectivity index (χ4v) is 6.27. The number of likely N-dealkylation sites (N-methyl/N-ethyl adjacent to an activating group) is 1. The first-order valence-electron chi connectivity index (χ1n) is 10.4. The highest BCUT2D eigenvalue weighted by atomic mass is 15.3. The van der Waals surface area contributed by atoms with Gasteiger partial charge >= 0.3 is 0 Å². The largest absolute Gasteiger partial charge is 0.354 e. The molecule has 2 heterocycles. The molecule has 136 valence electrons. The molecule has 1 aromatic heterocycles. The Morgan fingerprint density at radius 2 is 1.68 bits per heavy atom. The predicted molar refractivity (Wildman–Crippen MR) is 102 cm³/mol. The molecule has 5 fully saturated rings. The van der Waals surface area contributed by atoms with Crippen LogP contribution in [0.4, 0.5) is 5.82 Å². The summed E-state index contributed by atoms with van der Waals surface area (Å²) >= 11 is 0. The van der Waals surface area contributed by atoms with Crippen LogP contribution in [0, 0.1) is 23.7 Å². The van der Waals surface area contributed by atoms with E-state index in [9.17, 15) is 0 Å². The van der Waals surface area contributed by atoms with Crippen molar-refractivity contribution in [3.05, 3.63) is 23.9 Å². The zero-order chi connectivity index (χ0) is 16.8. The molecule has 0 spiro atoms. The van der Waals surface area contributed by atoms with E-state index in [0.717, 1.165) is 68.3 Å². The third-order valence-electron chi connectivity index (χ3n) is 7.41. The van der Waals surface area contributed by atoms with Crippen molar-refractivity contribution in [1.29, 1.82) is 0 Å². The van der Waals surface area contributed by atoms with Crippen LogP contribution in [0.5, 0.6) is 0 Å². The summed E-state index contributed by atoms with van der Waals surface area (Å²) in [6.07, 6.45) is 9.52. The van der Waals surface area contributed by atoms with Gasteiger partial charge in [-0.15, -0.1) is 0 Å². The lowest BCUT2D eigenvalue weighted by molar-refractivity contribution is -0.0142. The number of pyridine rings is 1. The molecule has 1 saturated heterocycles. The minimum Gasteiger partial charge on any atom is -0.354 e. The topological polar surface area (TPSA) is 31.4 Å². The number of hydrogen-bond acceptors (Lipinski definition) is 4. The molecular formula is C21H32N4. The maximum absolute atomic E-state index is 4.64. The average molecular weight is 341 g/mol. The molecule has 4 bridgehead atoms. The van der Waals surface area contributed by atoms with Crippen LogP contribution >= 0.6 is 0 Å². The molecular weight excluding hydrogens is 308 g/mol. The predicted octanol–water partition coefficient (Wildman–Crippen LogP) is 2.75. The summed E-state index contributed by atoms with van der Waals surface area (Å²) in [4.78, 5) is 9.47. The second-order valence-corrected chi connectivity index (χ2v) is 9.15. The molecule has 5 aliphatic rings. The number of anilines is 1. The first-order valence-corrected chi connectivity index (χ1v) is 10.4. The molecule has 4 aliphatic carbocycles. The summed E-state index contributed by atoms with van der Waals surface area (Å²) in [7, 11) is 2.20. The molecule has 4 nitrogen and oxygen atoms in total. The molecule has 0 unspecified atom stereocenters. The maximum atomic E-state index is 4.64. The van der Waals surface area contributed by atoms with E-state index in [1.807, 2.05) is 6.20 Å². The van der Waals surface area contributed by atoms with E-state index in [0.29, 0.717) is 0 Å². The standard InChI is InChI=1S/C21H32N4/c1-24-4-6-25(7-5-24)20-13-15(2-3-22-20)14-23-21-18-9-16-8-17(11-18)12-19(21)10-16/h2-3,13,16-19,21,23H,4-12,14H2,1H3. The van der Waals surface area contributed by atoms with Crippen molar-refractivity contribution in [2.75, 3.05) is 38.1 Å². The van der Waals surface area contributed by atoms with Crippen molar-refractivity contribution < 1.29 is 0 Å². The van der Waals surface area contributed by atoms with Crippen LogP contribution in [0.2, 0.25) is 0 Å². The van der Waals surface area contributed by atoms with Crippen molar-refractivity contribution in [1.82, 2.24) is 15.2 Å². The first kappa shape index (κ1) is 16.1.